The number of carboxylic acid groups (broad SMARTS) is 1. The Balaban J connectivity index is 2.93. The summed E-state index contributed by atoms with van der Waals surface area (Å²) in [6.45, 7) is 0. The van der Waals surface area contributed by atoms with Crippen molar-refractivity contribution in [3.63, 3.8) is 0 Å². The molecule has 1 heterocycles. The highest BCUT2D eigenvalue weighted by Crippen LogP contribution is 2.25. The van der Waals surface area contributed by atoms with Crippen LogP contribution in [0.1, 0.15) is 10.5 Å². The summed E-state index contributed by atoms with van der Waals surface area (Å²) in [6, 6.07) is 4.24. The lowest BCUT2D eigenvalue weighted by atomic mass is 10.1. The quantitative estimate of drug-likeness (QED) is 0.825. The van der Waals surface area contributed by atoms with Gasteiger partial charge in [-0.2, -0.15) is 0 Å². The second-order valence-corrected chi connectivity index (χ2v) is 4.01. The number of hydrogen-bond acceptors (Lipinski definition) is 2. The first kappa shape index (κ1) is 11.0. The molecule has 0 aliphatic heterocycles. The van der Waals surface area contributed by atoms with E-state index in [9.17, 15) is 9.59 Å². The largest absolute Gasteiger partial charge is 0.477 e. The van der Waals surface area contributed by atoms with Gasteiger partial charge in [0.1, 0.15) is 5.69 Å². The van der Waals surface area contributed by atoms with E-state index in [0.29, 0.717) is 10.4 Å². The number of aromatic carboxylic acids is 1. The minimum atomic E-state index is -1.21. The van der Waals surface area contributed by atoms with Crippen LogP contribution in [0.25, 0.3) is 10.8 Å². The molecule has 0 unspecified atom stereocenters. The van der Waals surface area contributed by atoms with Crippen LogP contribution in [0.15, 0.2) is 23.0 Å². The molecule has 2 N–H and O–H groups in total. The van der Waals surface area contributed by atoms with Crippen molar-refractivity contribution in [2.75, 3.05) is 0 Å². The first-order valence-electron chi connectivity index (χ1n) is 4.24. The van der Waals surface area contributed by atoms with E-state index in [-0.39, 0.29) is 16.1 Å². The molecule has 16 heavy (non-hydrogen) atoms. The number of nitrogens with one attached hydrogen (secondary N) is 1. The maximum Gasteiger partial charge on any atom is 0.352 e. The van der Waals surface area contributed by atoms with Crippen molar-refractivity contribution in [2.24, 2.45) is 0 Å². The standard InChI is InChI=1S/C10H5Cl2NO3/c11-5-1-4-2-7(10(15)16)13-9(14)8(4)6(12)3-5/h1-3H,(H,13,14)(H,15,16). The molecule has 0 spiro atoms. The highest BCUT2D eigenvalue weighted by atomic mass is 35.5. The van der Waals surface area contributed by atoms with Gasteiger partial charge in [0.25, 0.3) is 5.56 Å². The second-order valence-electron chi connectivity index (χ2n) is 3.17. The number of hydrogen-bond donors (Lipinski definition) is 2. The fraction of sp³-hybridized carbons (Fsp3) is 0. The van der Waals surface area contributed by atoms with Crippen LogP contribution in [0.5, 0.6) is 0 Å². The first-order valence-corrected chi connectivity index (χ1v) is 5.00. The number of fused-ring (bicyclic) bond motifs is 1. The van der Waals surface area contributed by atoms with Crippen LogP contribution in [0.2, 0.25) is 10.0 Å². The van der Waals surface area contributed by atoms with Gasteiger partial charge in [-0.05, 0) is 23.6 Å². The Morgan fingerprint density at radius 1 is 1.25 bits per heavy atom. The number of H-pyrrole nitrogens is 1. The Morgan fingerprint density at radius 3 is 2.56 bits per heavy atom. The van der Waals surface area contributed by atoms with E-state index in [2.05, 4.69) is 4.98 Å². The van der Waals surface area contributed by atoms with E-state index >= 15 is 0 Å². The molecule has 2 rings (SSSR count). The molecule has 0 atom stereocenters. The van der Waals surface area contributed by atoms with E-state index in [4.69, 9.17) is 28.3 Å². The predicted molar refractivity (Wildman–Crippen MR) is 61.5 cm³/mol. The molecule has 1 aromatic carbocycles. The van der Waals surface area contributed by atoms with Gasteiger partial charge in [0.15, 0.2) is 0 Å². The average molecular weight is 258 g/mol. The Kier molecular flexibility index (Phi) is 2.61. The van der Waals surface area contributed by atoms with Gasteiger partial charge in [-0.1, -0.05) is 23.2 Å². The zero-order chi connectivity index (χ0) is 11.9. The lowest BCUT2D eigenvalue weighted by Gasteiger charge is -2.02. The molecule has 0 bridgehead atoms. The van der Waals surface area contributed by atoms with Crippen LogP contribution in [0, 0.1) is 0 Å². The number of aromatic nitrogens is 1. The summed E-state index contributed by atoms with van der Waals surface area (Å²) in [5.74, 6) is -1.21. The number of rotatable bonds is 1. The molecular formula is C10H5Cl2NO3. The van der Waals surface area contributed by atoms with Crippen molar-refractivity contribution in [1.29, 1.82) is 0 Å². The van der Waals surface area contributed by atoms with Gasteiger partial charge in [0.2, 0.25) is 0 Å². The van der Waals surface area contributed by atoms with Gasteiger partial charge in [-0.3, -0.25) is 4.79 Å². The minimum absolute atomic E-state index is 0.195. The summed E-state index contributed by atoms with van der Waals surface area (Å²) in [4.78, 5) is 24.5. The monoisotopic (exact) mass is 257 g/mol. The van der Waals surface area contributed by atoms with E-state index in [1.165, 1.54) is 18.2 Å². The normalized spacial score (nSPS) is 10.6. The Hall–Kier alpha value is -1.52. The molecular weight excluding hydrogens is 253 g/mol. The van der Waals surface area contributed by atoms with Crippen LogP contribution in [0.4, 0.5) is 0 Å². The smallest absolute Gasteiger partial charge is 0.352 e. The summed E-state index contributed by atoms with van der Waals surface area (Å²) in [6.07, 6.45) is 0. The van der Waals surface area contributed by atoms with E-state index in [1.807, 2.05) is 0 Å². The summed E-state index contributed by atoms with van der Waals surface area (Å²) in [7, 11) is 0. The zero-order valence-electron chi connectivity index (χ0n) is 7.75. The summed E-state index contributed by atoms with van der Waals surface area (Å²) >= 11 is 11.6. The molecule has 1 aromatic heterocycles. The van der Waals surface area contributed by atoms with Crippen LogP contribution >= 0.6 is 23.2 Å². The number of aromatic amines is 1. The Bertz CT molecular complexity index is 648. The van der Waals surface area contributed by atoms with Crippen molar-refractivity contribution in [1.82, 2.24) is 4.98 Å². The van der Waals surface area contributed by atoms with Crippen LogP contribution in [0.3, 0.4) is 0 Å². The van der Waals surface area contributed by atoms with Crippen molar-refractivity contribution in [2.45, 2.75) is 0 Å². The fourth-order valence-corrected chi connectivity index (χ4v) is 2.03. The van der Waals surface area contributed by atoms with Gasteiger partial charge < -0.3 is 10.1 Å². The molecule has 0 aliphatic rings. The summed E-state index contributed by atoms with van der Waals surface area (Å²) < 4.78 is 0. The average Bonchev–Trinajstić information content (AvgIpc) is 2.15. The highest BCUT2D eigenvalue weighted by Gasteiger charge is 2.10. The third kappa shape index (κ3) is 1.77. The van der Waals surface area contributed by atoms with Crippen LogP contribution in [-0.2, 0) is 0 Å². The molecule has 2 aromatic rings. The fourth-order valence-electron chi connectivity index (χ4n) is 1.44. The molecule has 82 valence electrons. The first-order chi connectivity index (χ1) is 7.49. The maximum absolute atomic E-state index is 11.6. The van der Waals surface area contributed by atoms with Crippen molar-refractivity contribution in [3.05, 3.63) is 44.3 Å². The second kappa shape index (κ2) is 3.81. The van der Waals surface area contributed by atoms with Crippen molar-refractivity contribution >= 4 is 39.9 Å². The maximum atomic E-state index is 11.6. The Labute approximate surface area is 99.4 Å². The van der Waals surface area contributed by atoms with Crippen LogP contribution in [-0.4, -0.2) is 16.1 Å². The zero-order valence-corrected chi connectivity index (χ0v) is 9.26. The van der Waals surface area contributed by atoms with Gasteiger partial charge in [0, 0.05) is 5.02 Å². The molecule has 4 nitrogen and oxygen atoms in total. The molecule has 6 heteroatoms. The topological polar surface area (TPSA) is 70.2 Å². The third-order valence-electron chi connectivity index (χ3n) is 2.09. The number of carboxylic acids is 1. The number of pyridine rings is 1. The molecule has 0 saturated carbocycles. The van der Waals surface area contributed by atoms with Crippen molar-refractivity contribution in [3.8, 4) is 0 Å². The highest BCUT2D eigenvalue weighted by molar-refractivity contribution is 6.38. The number of carbonyl (C=O) groups is 1. The van der Waals surface area contributed by atoms with Crippen LogP contribution < -0.4 is 5.56 Å². The van der Waals surface area contributed by atoms with E-state index in [1.54, 1.807) is 0 Å². The van der Waals surface area contributed by atoms with Gasteiger partial charge >= 0.3 is 5.97 Å². The van der Waals surface area contributed by atoms with Gasteiger partial charge in [-0.25, -0.2) is 4.79 Å². The lowest BCUT2D eigenvalue weighted by molar-refractivity contribution is 0.0690. The minimum Gasteiger partial charge on any atom is -0.477 e. The molecule has 0 fully saturated rings. The molecule has 0 radical (unpaired) electrons. The molecule has 0 aliphatic carbocycles. The molecule has 0 amide bonds. The van der Waals surface area contributed by atoms with E-state index < -0.39 is 11.5 Å². The third-order valence-corrected chi connectivity index (χ3v) is 2.61. The lowest BCUT2D eigenvalue weighted by Crippen LogP contribution is -2.13. The molecule has 0 saturated heterocycles. The number of benzene rings is 1. The SMILES string of the molecule is O=C(O)c1cc2cc(Cl)cc(Cl)c2c(=O)[nH]1. The van der Waals surface area contributed by atoms with E-state index in [0.717, 1.165) is 0 Å². The van der Waals surface area contributed by atoms with Crippen molar-refractivity contribution < 1.29 is 9.90 Å². The number of halogens is 2. The Morgan fingerprint density at radius 2 is 1.94 bits per heavy atom. The van der Waals surface area contributed by atoms with Gasteiger partial charge in [0.05, 0.1) is 10.4 Å². The summed E-state index contributed by atoms with van der Waals surface area (Å²) in [5, 5.41) is 9.95. The van der Waals surface area contributed by atoms with Gasteiger partial charge in [-0.15, -0.1) is 0 Å². The predicted octanol–water partition coefficient (Wildman–Crippen LogP) is 2.53. The summed E-state index contributed by atoms with van der Waals surface area (Å²) in [5.41, 5.74) is -0.743.